The summed E-state index contributed by atoms with van der Waals surface area (Å²) in [6.07, 6.45) is 0. The van der Waals surface area contributed by atoms with Crippen LogP contribution in [0.4, 0.5) is 0 Å². The molecule has 0 aromatic rings. The number of rotatable bonds is 2. The fourth-order valence-electron chi connectivity index (χ4n) is 0.648. The zero-order valence-corrected chi connectivity index (χ0v) is 5.37. The molecular weight excluding hydrogens is 106 g/mol. The lowest BCUT2D eigenvalue weighted by atomic mass is 10.2. The highest BCUT2D eigenvalue weighted by molar-refractivity contribution is 8.00. The van der Waals surface area contributed by atoms with Crippen LogP contribution in [-0.2, 0) is 0 Å². The van der Waals surface area contributed by atoms with Crippen molar-refractivity contribution in [2.45, 2.75) is 0 Å². The minimum atomic E-state index is 0.926. The van der Waals surface area contributed by atoms with Gasteiger partial charge in [-0.2, -0.15) is 18.8 Å². The van der Waals surface area contributed by atoms with E-state index in [-0.39, 0.29) is 0 Å². The molecule has 1 saturated heterocycles. The van der Waals surface area contributed by atoms with Crippen LogP contribution in [0.1, 0.15) is 0 Å². The van der Waals surface area contributed by atoms with Gasteiger partial charge < -0.3 is 5.32 Å². The van der Waals surface area contributed by atoms with Crippen molar-refractivity contribution in [1.29, 1.82) is 0 Å². The largest absolute Gasteiger partial charge is 0.665 e. The van der Waals surface area contributed by atoms with Gasteiger partial charge in [-0.05, 0) is 17.4 Å². The van der Waals surface area contributed by atoms with Crippen molar-refractivity contribution in [3.8, 4) is 0 Å². The van der Waals surface area contributed by atoms with Crippen molar-refractivity contribution >= 4 is 11.8 Å². The summed E-state index contributed by atoms with van der Waals surface area (Å²) in [5, 5.41) is 4.04. The Labute approximate surface area is 48.9 Å². The van der Waals surface area contributed by atoms with Crippen LogP contribution in [-0.4, -0.2) is 25.1 Å². The Morgan fingerprint density at radius 2 is 2.43 bits per heavy atom. The van der Waals surface area contributed by atoms with Gasteiger partial charge in [-0.1, -0.05) is 0 Å². The van der Waals surface area contributed by atoms with Crippen LogP contribution in [0.2, 0.25) is 0 Å². The quantitative estimate of drug-likeness (QED) is 0.531. The molecule has 0 aromatic heterocycles. The van der Waals surface area contributed by atoms with Gasteiger partial charge in [0.25, 0.3) is 0 Å². The van der Waals surface area contributed by atoms with Gasteiger partial charge in [-0.3, -0.25) is 0 Å². The molecule has 0 saturated carbocycles. The molecule has 0 N–H and O–H groups in total. The summed E-state index contributed by atoms with van der Waals surface area (Å²) in [7, 11) is 1.89. The van der Waals surface area contributed by atoms with Crippen molar-refractivity contribution in [3.63, 3.8) is 0 Å². The zero-order valence-electron chi connectivity index (χ0n) is 4.55. The van der Waals surface area contributed by atoms with Crippen LogP contribution in [0.15, 0.2) is 0 Å². The van der Waals surface area contributed by atoms with E-state index in [0.29, 0.717) is 0 Å². The third-order valence-corrected chi connectivity index (χ3v) is 2.56. The molecule has 0 aromatic carbocycles. The molecule has 7 heavy (non-hydrogen) atoms. The smallest absolute Gasteiger partial charge is 0.00476 e. The lowest BCUT2D eigenvalue weighted by molar-refractivity contribution is 0.687. The van der Waals surface area contributed by atoms with Crippen molar-refractivity contribution < 1.29 is 0 Å². The third-order valence-electron chi connectivity index (χ3n) is 1.15. The number of thioether (sulfide) groups is 1. The minimum absolute atomic E-state index is 0.926. The second-order valence-corrected chi connectivity index (χ2v) is 2.98. The molecule has 0 atom stereocenters. The fraction of sp³-hybridized carbons (Fsp3) is 1.00. The summed E-state index contributed by atoms with van der Waals surface area (Å²) in [5.41, 5.74) is 0. The van der Waals surface area contributed by atoms with Crippen molar-refractivity contribution in [2.24, 2.45) is 5.92 Å². The molecule has 1 rings (SSSR count). The van der Waals surface area contributed by atoms with E-state index in [1.807, 2.05) is 18.8 Å². The van der Waals surface area contributed by atoms with Gasteiger partial charge >= 0.3 is 0 Å². The molecule has 0 spiro atoms. The van der Waals surface area contributed by atoms with Crippen LogP contribution in [0.25, 0.3) is 5.32 Å². The first kappa shape index (κ1) is 5.45. The molecular formula is C5H10NS-. The van der Waals surface area contributed by atoms with Gasteiger partial charge in [-0.25, -0.2) is 0 Å². The van der Waals surface area contributed by atoms with Gasteiger partial charge in [0.2, 0.25) is 0 Å². The Balaban J connectivity index is 1.93. The number of nitrogens with zero attached hydrogens (tertiary/aromatic N) is 1. The molecule has 0 unspecified atom stereocenters. The molecule has 0 bridgehead atoms. The summed E-state index contributed by atoms with van der Waals surface area (Å²) in [5.74, 6) is 3.62. The first-order valence-electron chi connectivity index (χ1n) is 2.57. The van der Waals surface area contributed by atoms with E-state index in [1.165, 1.54) is 11.5 Å². The third kappa shape index (κ3) is 1.35. The predicted octanol–water partition coefficient (Wildman–Crippen LogP) is 1.35. The molecule has 2 heteroatoms. The standard InChI is InChI=1S/C5H10NS/c1-6-2-5-3-7-4-5/h5H,2-4H2,1H3/q-1. The van der Waals surface area contributed by atoms with Crippen molar-refractivity contribution in [3.05, 3.63) is 5.32 Å². The average molecular weight is 116 g/mol. The highest BCUT2D eigenvalue weighted by Gasteiger charge is 2.12. The van der Waals surface area contributed by atoms with E-state index >= 15 is 0 Å². The number of hydrogen-bond donors (Lipinski definition) is 0. The Bertz CT molecular complexity index is 52.0. The van der Waals surface area contributed by atoms with E-state index in [9.17, 15) is 0 Å². The lowest BCUT2D eigenvalue weighted by Crippen LogP contribution is -2.20. The van der Waals surface area contributed by atoms with Gasteiger partial charge in [0, 0.05) is 0 Å². The fourth-order valence-corrected chi connectivity index (χ4v) is 1.43. The summed E-state index contributed by atoms with van der Waals surface area (Å²) in [4.78, 5) is 0. The normalized spacial score (nSPS) is 21.9. The zero-order chi connectivity index (χ0) is 5.11. The first-order chi connectivity index (χ1) is 3.43. The van der Waals surface area contributed by atoms with E-state index in [2.05, 4.69) is 5.32 Å². The van der Waals surface area contributed by atoms with Gasteiger partial charge in [-0.15, -0.1) is 6.54 Å². The lowest BCUT2D eigenvalue weighted by Gasteiger charge is -2.29. The van der Waals surface area contributed by atoms with Crippen LogP contribution in [0, 0.1) is 5.92 Å². The van der Waals surface area contributed by atoms with E-state index < -0.39 is 0 Å². The van der Waals surface area contributed by atoms with Crippen LogP contribution >= 0.6 is 11.8 Å². The summed E-state index contributed by atoms with van der Waals surface area (Å²) in [6.45, 7) is 1.09. The molecule has 1 aliphatic heterocycles. The molecule has 1 aliphatic rings. The average Bonchev–Trinajstić information content (AvgIpc) is 1.55. The van der Waals surface area contributed by atoms with E-state index in [4.69, 9.17) is 0 Å². The number of hydrogen-bond acceptors (Lipinski definition) is 1. The second-order valence-electron chi connectivity index (χ2n) is 1.90. The Kier molecular flexibility index (Phi) is 2.00. The molecule has 1 heterocycles. The highest BCUT2D eigenvalue weighted by atomic mass is 32.2. The highest BCUT2D eigenvalue weighted by Crippen LogP contribution is 2.24. The first-order valence-corrected chi connectivity index (χ1v) is 3.72. The molecule has 0 aliphatic carbocycles. The Morgan fingerprint density at radius 1 is 1.71 bits per heavy atom. The maximum atomic E-state index is 4.04. The van der Waals surface area contributed by atoms with Crippen LogP contribution in [0.5, 0.6) is 0 Å². The van der Waals surface area contributed by atoms with Gasteiger partial charge in [0.15, 0.2) is 0 Å². The summed E-state index contributed by atoms with van der Waals surface area (Å²) < 4.78 is 0. The SMILES string of the molecule is C[N-]CC1CSC1. The Hall–Kier alpha value is 0.310. The summed E-state index contributed by atoms with van der Waals surface area (Å²) in [6, 6.07) is 0. The van der Waals surface area contributed by atoms with Crippen LogP contribution < -0.4 is 0 Å². The monoisotopic (exact) mass is 116 g/mol. The molecule has 0 radical (unpaired) electrons. The van der Waals surface area contributed by atoms with E-state index in [0.717, 1.165) is 12.5 Å². The maximum absolute atomic E-state index is 4.04. The minimum Gasteiger partial charge on any atom is -0.665 e. The molecule has 42 valence electrons. The van der Waals surface area contributed by atoms with Crippen molar-refractivity contribution in [2.75, 3.05) is 25.1 Å². The molecule has 1 fully saturated rings. The Morgan fingerprint density at radius 3 is 2.57 bits per heavy atom. The van der Waals surface area contributed by atoms with Crippen LogP contribution in [0.3, 0.4) is 0 Å². The van der Waals surface area contributed by atoms with Gasteiger partial charge in [0.1, 0.15) is 0 Å². The maximum Gasteiger partial charge on any atom is -0.00476 e. The molecule has 1 nitrogen and oxygen atoms in total. The van der Waals surface area contributed by atoms with Gasteiger partial charge in [0.05, 0.1) is 0 Å². The summed E-state index contributed by atoms with van der Waals surface area (Å²) >= 11 is 2.03. The van der Waals surface area contributed by atoms with Crippen molar-refractivity contribution in [1.82, 2.24) is 0 Å². The second kappa shape index (κ2) is 2.58. The van der Waals surface area contributed by atoms with E-state index in [1.54, 1.807) is 0 Å². The molecule has 0 amide bonds. The topological polar surface area (TPSA) is 14.1 Å². The predicted molar refractivity (Wildman–Crippen MR) is 35.0 cm³/mol.